The second-order valence-electron chi connectivity index (χ2n) is 5.40. The number of carbonyl (C=O) groups is 4. The van der Waals surface area contributed by atoms with Crippen molar-refractivity contribution in [1.82, 2.24) is 5.32 Å². The summed E-state index contributed by atoms with van der Waals surface area (Å²) < 4.78 is 43.8. The summed E-state index contributed by atoms with van der Waals surface area (Å²) in [6.45, 7) is 0.181. The maximum atomic E-state index is 14.3. The number of alkyl halides is 2. The Morgan fingerprint density at radius 2 is 1.93 bits per heavy atom. The highest BCUT2D eigenvalue weighted by molar-refractivity contribution is 6.11. The first-order valence-corrected chi connectivity index (χ1v) is 7.57. The first-order valence-electron chi connectivity index (χ1n) is 7.57. The molecule has 1 aromatic rings. The molecule has 12 heteroatoms. The Hall–Kier alpha value is -3.15. The van der Waals surface area contributed by atoms with Gasteiger partial charge in [0.15, 0.2) is 6.04 Å². The maximum Gasteiger partial charge on any atom is 0.315 e. The molecule has 146 valence electrons. The summed E-state index contributed by atoms with van der Waals surface area (Å²) in [6.07, 6.45) is -3.46. The molecule has 1 aliphatic rings. The van der Waals surface area contributed by atoms with Crippen molar-refractivity contribution in [2.24, 2.45) is 5.73 Å². The lowest BCUT2D eigenvalue weighted by Gasteiger charge is -2.27. The number of benzene rings is 1. The van der Waals surface area contributed by atoms with E-state index in [0.717, 1.165) is 6.07 Å². The van der Waals surface area contributed by atoms with Gasteiger partial charge in [0.1, 0.15) is 12.4 Å². The lowest BCUT2D eigenvalue weighted by molar-refractivity contribution is -0.138. The highest BCUT2D eigenvalue weighted by Gasteiger charge is 2.30. The highest BCUT2D eigenvalue weighted by atomic mass is 19.3. The van der Waals surface area contributed by atoms with Crippen LogP contribution in [0.25, 0.3) is 0 Å². The molecule has 0 spiro atoms. The largest absolute Gasteiger partial charge is 0.370 e. The number of hydrogen-bond acceptors (Lipinski definition) is 5. The van der Waals surface area contributed by atoms with Crippen LogP contribution in [0.15, 0.2) is 18.2 Å². The summed E-state index contributed by atoms with van der Waals surface area (Å²) >= 11 is 0. The monoisotopic (exact) mass is 388 g/mol. The van der Waals surface area contributed by atoms with Gasteiger partial charge in [0.25, 0.3) is 17.7 Å². The van der Waals surface area contributed by atoms with Crippen LogP contribution >= 0.6 is 0 Å². The van der Waals surface area contributed by atoms with Gasteiger partial charge in [0.05, 0.1) is 12.3 Å². The van der Waals surface area contributed by atoms with E-state index in [9.17, 15) is 32.3 Å². The number of carbonyl (C=O) groups excluding carboxylic acids is 4. The number of morpholine rings is 1. The van der Waals surface area contributed by atoms with Gasteiger partial charge in [-0.1, -0.05) is 0 Å². The Bertz CT molecular complexity index is 774. The van der Waals surface area contributed by atoms with Crippen molar-refractivity contribution >= 4 is 35.0 Å². The SMILES string of the molecule is NC(=O)[C@H](NC(=O)C(F)F)C(=O)Nc1ccc(N2CCOCC2=O)c(F)c1. The smallest absolute Gasteiger partial charge is 0.315 e. The van der Waals surface area contributed by atoms with Gasteiger partial charge in [-0.25, -0.2) is 4.39 Å². The minimum Gasteiger partial charge on any atom is -0.370 e. The molecule has 4 N–H and O–H groups in total. The minimum absolute atomic E-state index is 0.0428. The fourth-order valence-electron chi connectivity index (χ4n) is 2.26. The number of halogens is 3. The summed E-state index contributed by atoms with van der Waals surface area (Å²) in [5.74, 6) is -5.76. The summed E-state index contributed by atoms with van der Waals surface area (Å²) in [4.78, 5) is 47.1. The van der Waals surface area contributed by atoms with E-state index in [2.05, 4.69) is 5.32 Å². The summed E-state index contributed by atoms with van der Waals surface area (Å²) in [5.41, 5.74) is 4.73. The molecular weight excluding hydrogens is 373 g/mol. The molecule has 0 aromatic heterocycles. The van der Waals surface area contributed by atoms with E-state index in [1.807, 2.05) is 0 Å². The van der Waals surface area contributed by atoms with Gasteiger partial charge in [0.2, 0.25) is 5.91 Å². The van der Waals surface area contributed by atoms with Crippen LogP contribution in [0.4, 0.5) is 24.5 Å². The molecule has 4 amide bonds. The van der Waals surface area contributed by atoms with Crippen LogP contribution in [-0.4, -0.2) is 55.9 Å². The van der Waals surface area contributed by atoms with Crippen molar-refractivity contribution in [2.45, 2.75) is 12.5 Å². The third-order valence-electron chi connectivity index (χ3n) is 3.52. The number of nitrogens with two attached hydrogens (primary N) is 1. The van der Waals surface area contributed by atoms with E-state index in [0.29, 0.717) is 0 Å². The van der Waals surface area contributed by atoms with Crippen molar-refractivity contribution in [2.75, 3.05) is 30.0 Å². The normalized spacial score (nSPS) is 15.4. The maximum absolute atomic E-state index is 14.3. The zero-order valence-corrected chi connectivity index (χ0v) is 13.7. The van der Waals surface area contributed by atoms with Crippen LogP contribution in [0.1, 0.15) is 0 Å². The molecule has 1 heterocycles. The quantitative estimate of drug-likeness (QED) is 0.558. The molecule has 0 radical (unpaired) electrons. The van der Waals surface area contributed by atoms with Crippen LogP contribution in [-0.2, 0) is 23.9 Å². The topological polar surface area (TPSA) is 131 Å². The van der Waals surface area contributed by atoms with E-state index < -0.39 is 41.9 Å². The van der Waals surface area contributed by atoms with Crippen LogP contribution in [0.5, 0.6) is 0 Å². The van der Waals surface area contributed by atoms with Gasteiger partial charge in [-0.15, -0.1) is 0 Å². The van der Waals surface area contributed by atoms with Crippen molar-refractivity contribution < 1.29 is 37.1 Å². The molecular formula is C15H15F3N4O5. The van der Waals surface area contributed by atoms with Crippen molar-refractivity contribution in [3.8, 4) is 0 Å². The number of nitrogens with zero attached hydrogens (tertiary/aromatic N) is 1. The van der Waals surface area contributed by atoms with E-state index in [-0.39, 0.29) is 31.1 Å². The molecule has 1 saturated heterocycles. The van der Waals surface area contributed by atoms with Crippen molar-refractivity contribution in [3.63, 3.8) is 0 Å². The molecule has 1 aromatic carbocycles. The van der Waals surface area contributed by atoms with Crippen LogP contribution < -0.4 is 21.3 Å². The Morgan fingerprint density at radius 3 is 2.48 bits per heavy atom. The van der Waals surface area contributed by atoms with Gasteiger partial charge in [-0.2, -0.15) is 8.78 Å². The molecule has 1 fully saturated rings. The number of primary amides is 1. The number of amides is 4. The minimum atomic E-state index is -3.46. The fraction of sp³-hybridized carbons (Fsp3) is 0.333. The van der Waals surface area contributed by atoms with Gasteiger partial charge in [-0.3, -0.25) is 19.2 Å². The molecule has 9 nitrogen and oxygen atoms in total. The average molecular weight is 388 g/mol. The van der Waals surface area contributed by atoms with Gasteiger partial charge in [0, 0.05) is 12.2 Å². The summed E-state index contributed by atoms with van der Waals surface area (Å²) in [7, 11) is 0. The average Bonchev–Trinajstić information content (AvgIpc) is 2.60. The Morgan fingerprint density at radius 1 is 1.22 bits per heavy atom. The van der Waals surface area contributed by atoms with Crippen LogP contribution in [0, 0.1) is 5.82 Å². The Kier molecular flexibility index (Phi) is 6.34. The number of anilines is 2. The summed E-state index contributed by atoms with van der Waals surface area (Å²) in [5, 5.41) is 3.57. The molecule has 0 aliphatic carbocycles. The van der Waals surface area contributed by atoms with Gasteiger partial charge in [-0.05, 0) is 18.2 Å². The molecule has 0 bridgehead atoms. The van der Waals surface area contributed by atoms with Gasteiger partial charge >= 0.3 is 6.43 Å². The van der Waals surface area contributed by atoms with Gasteiger partial charge < -0.3 is 26.0 Å². The highest BCUT2D eigenvalue weighted by Crippen LogP contribution is 2.24. The third-order valence-corrected chi connectivity index (χ3v) is 3.52. The lowest BCUT2D eigenvalue weighted by Crippen LogP contribution is -2.53. The lowest BCUT2D eigenvalue weighted by atomic mass is 10.2. The summed E-state index contributed by atoms with van der Waals surface area (Å²) in [6, 6.07) is 1.23. The predicted octanol–water partition coefficient (Wildman–Crippen LogP) is -0.637. The molecule has 0 unspecified atom stereocenters. The standard InChI is InChI=1S/C15H15F3N4O5/c16-8-5-7(1-2-9(8)22-3-4-27-6-10(22)23)20-14(25)11(13(19)24)21-15(26)12(17)18/h1-2,5,11-12H,3-4,6H2,(H2,19,24)(H,20,25)(H,21,26)/t11-/m0/s1. The first kappa shape index (κ1) is 20.2. The van der Waals surface area contributed by atoms with Crippen LogP contribution in [0.2, 0.25) is 0 Å². The zero-order chi connectivity index (χ0) is 20.1. The van der Waals surface area contributed by atoms with E-state index in [4.69, 9.17) is 10.5 Å². The Balaban J connectivity index is 2.12. The van der Waals surface area contributed by atoms with Crippen molar-refractivity contribution in [3.05, 3.63) is 24.0 Å². The third kappa shape index (κ3) is 4.94. The number of ether oxygens (including phenoxy) is 1. The first-order chi connectivity index (χ1) is 12.7. The van der Waals surface area contributed by atoms with E-state index in [1.165, 1.54) is 22.3 Å². The van der Waals surface area contributed by atoms with Crippen LogP contribution in [0.3, 0.4) is 0 Å². The van der Waals surface area contributed by atoms with E-state index in [1.54, 1.807) is 0 Å². The number of hydrogen-bond donors (Lipinski definition) is 3. The predicted molar refractivity (Wildman–Crippen MR) is 85.3 cm³/mol. The molecule has 27 heavy (non-hydrogen) atoms. The second kappa shape index (κ2) is 8.49. The molecule has 0 saturated carbocycles. The van der Waals surface area contributed by atoms with E-state index >= 15 is 0 Å². The number of nitrogens with one attached hydrogen (secondary N) is 2. The van der Waals surface area contributed by atoms with Crippen molar-refractivity contribution in [1.29, 1.82) is 0 Å². The molecule has 1 aliphatic heterocycles. The fourth-order valence-corrected chi connectivity index (χ4v) is 2.26. The number of rotatable bonds is 6. The molecule has 1 atom stereocenters. The molecule has 2 rings (SSSR count). The second-order valence-corrected chi connectivity index (χ2v) is 5.40. The zero-order valence-electron chi connectivity index (χ0n) is 13.7. The Labute approximate surface area is 150 Å².